The lowest BCUT2D eigenvalue weighted by atomic mass is 10.2. The normalized spacial score (nSPS) is 11.6. The summed E-state index contributed by atoms with van der Waals surface area (Å²) in [5.74, 6) is 0.530. The van der Waals surface area contributed by atoms with Gasteiger partial charge in [0.25, 0.3) is 5.56 Å². The smallest absolute Gasteiger partial charge is 0.264 e. The van der Waals surface area contributed by atoms with E-state index in [1.807, 2.05) is 0 Å². The molecular formula is C13H11N3O4S2. The number of thiophene rings is 1. The molecule has 0 aliphatic heterocycles. The first-order valence-electron chi connectivity index (χ1n) is 6.21. The predicted molar refractivity (Wildman–Crippen MR) is 80.9 cm³/mol. The monoisotopic (exact) mass is 337 g/mol. The Morgan fingerprint density at radius 3 is 2.86 bits per heavy atom. The zero-order chi connectivity index (χ0) is 15.6. The van der Waals surface area contributed by atoms with Crippen molar-refractivity contribution >= 4 is 21.4 Å². The van der Waals surface area contributed by atoms with Gasteiger partial charge in [-0.15, -0.1) is 11.3 Å². The molecule has 3 rings (SSSR count). The molecule has 0 radical (unpaired) electrons. The molecule has 3 heterocycles. The molecule has 0 saturated carbocycles. The number of aromatic nitrogens is 2. The quantitative estimate of drug-likeness (QED) is 0.735. The van der Waals surface area contributed by atoms with Crippen molar-refractivity contribution in [2.45, 2.75) is 10.8 Å². The number of H-pyrrole nitrogens is 1. The van der Waals surface area contributed by atoms with E-state index < -0.39 is 10.0 Å². The molecule has 0 bridgehead atoms. The second kappa shape index (κ2) is 5.87. The lowest BCUT2D eigenvalue weighted by molar-refractivity contribution is 0.499. The van der Waals surface area contributed by atoms with Crippen LogP contribution in [0.1, 0.15) is 5.76 Å². The van der Waals surface area contributed by atoms with Crippen molar-refractivity contribution in [1.29, 1.82) is 0 Å². The number of aromatic amines is 1. The lowest BCUT2D eigenvalue weighted by Gasteiger charge is -2.02. The fraction of sp³-hybridized carbons (Fsp3) is 0.0769. The van der Waals surface area contributed by atoms with Gasteiger partial charge in [0.2, 0.25) is 10.0 Å². The van der Waals surface area contributed by atoms with Gasteiger partial charge in [0.1, 0.15) is 9.97 Å². The highest BCUT2D eigenvalue weighted by molar-refractivity contribution is 7.91. The van der Waals surface area contributed by atoms with Gasteiger partial charge in [0, 0.05) is 17.0 Å². The molecule has 0 aliphatic carbocycles. The van der Waals surface area contributed by atoms with Crippen LogP contribution >= 0.6 is 11.3 Å². The van der Waals surface area contributed by atoms with Crippen LogP contribution in [0, 0.1) is 0 Å². The number of furan rings is 1. The van der Waals surface area contributed by atoms with Gasteiger partial charge < -0.3 is 4.42 Å². The first-order chi connectivity index (χ1) is 10.5. The summed E-state index contributed by atoms with van der Waals surface area (Å²) in [5, 5.41) is 7.85. The van der Waals surface area contributed by atoms with Gasteiger partial charge in [-0.05, 0) is 24.3 Å². The highest BCUT2D eigenvalue weighted by atomic mass is 32.2. The molecule has 0 aromatic carbocycles. The van der Waals surface area contributed by atoms with E-state index in [4.69, 9.17) is 4.42 Å². The Balaban J connectivity index is 1.80. The van der Waals surface area contributed by atoms with Crippen molar-refractivity contribution in [3.05, 3.63) is 58.1 Å². The minimum absolute atomic E-state index is 0.0828. The Labute approximate surface area is 129 Å². The number of sulfonamides is 1. The van der Waals surface area contributed by atoms with E-state index in [2.05, 4.69) is 14.9 Å². The molecule has 0 fully saturated rings. The number of hydrogen-bond donors (Lipinski definition) is 2. The van der Waals surface area contributed by atoms with Crippen LogP contribution in [0.3, 0.4) is 0 Å². The van der Waals surface area contributed by atoms with Gasteiger partial charge in [-0.1, -0.05) is 0 Å². The van der Waals surface area contributed by atoms with Crippen molar-refractivity contribution in [3.63, 3.8) is 0 Å². The maximum atomic E-state index is 12.2. The molecule has 7 nitrogen and oxygen atoms in total. The van der Waals surface area contributed by atoms with Gasteiger partial charge >= 0.3 is 0 Å². The maximum Gasteiger partial charge on any atom is 0.264 e. The molecule has 0 saturated heterocycles. The van der Waals surface area contributed by atoms with Crippen LogP contribution in [0.25, 0.3) is 11.3 Å². The molecule has 0 atom stereocenters. The molecule has 3 aromatic rings. The average Bonchev–Trinajstić information content (AvgIpc) is 3.18. The molecule has 3 aromatic heterocycles. The fourth-order valence-corrected chi connectivity index (χ4v) is 3.96. The number of hydrogen-bond acceptors (Lipinski definition) is 6. The molecular weight excluding hydrogens is 326 g/mol. The zero-order valence-electron chi connectivity index (χ0n) is 11.1. The third-order valence-electron chi connectivity index (χ3n) is 2.83. The van der Waals surface area contributed by atoms with E-state index in [1.54, 1.807) is 17.5 Å². The minimum Gasteiger partial charge on any atom is -0.468 e. The SMILES string of the molecule is O=c1ccc(-c2csc(S(=O)(=O)NCc3ccco3)c2)n[nH]1. The lowest BCUT2D eigenvalue weighted by Crippen LogP contribution is -2.22. The van der Waals surface area contributed by atoms with E-state index in [-0.39, 0.29) is 16.3 Å². The Bertz CT molecular complexity index is 906. The molecule has 0 aliphatic rings. The highest BCUT2D eigenvalue weighted by Crippen LogP contribution is 2.26. The van der Waals surface area contributed by atoms with Crippen LogP contribution in [-0.2, 0) is 16.6 Å². The Hall–Kier alpha value is -2.23. The van der Waals surface area contributed by atoms with Crippen LogP contribution in [0.4, 0.5) is 0 Å². The molecule has 0 unspecified atom stereocenters. The largest absolute Gasteiger partial charge is 0.468 e. The molecule has 0 amide bonds. The molecule has 114 valence electrons. The predicted octanol–water partition coefficient (Wildman–Crippen LogP) is 1.57. The zero-order valence-corrected chi connectivity index (χ0v) is 12.8. The van der Waals surface area contributed by atoms with Crippen LogP contribution in [0.15, 0.2) is 55.4 Å². The summed E-state index contributed by atoms with van der Waals surface area (Å²) in [6.45, 7) is 0.0828. The molecule has 22 heavy (non-hydrogen) atoms. The Morgan fingerprint density at radius 2 is 2.18 bits per heavy atom. The van der Waals surface area contributed by atoms with E-state index in [0.717, 1.165) is 11.3 Å². The van der Waals surface area contributed by atoms with Crippen LogP contribution in [0.5, 0.6) is 0 Å². The van der Waals surface area contributed by atoms with Crippen molar-refractivity contribution in [3.8, 4) is 11.3 Å². The molecule has 9 heteroatoms. The van der Waals surface area contributed by atoms with Crippen molar-refractivity contribution < 1.29 is 12.8 Å². The highest BCUT2D eigenvalue weighted by Gasteiger charge is 2.18. The summed E-state index contributed by atoms with van der Waals surface area (Å²) in [6.07, 6.45) is 1.48. The first-order valence-corrected chi connectivity index (χ1v) is 8.57. The van der Waals surface area contributed by atoms with E-state index in [0.29, 0.717) is 17.0 Å². The number of nitrogens with zero attached hydrogens (tertiary/aromatic N) is 1. The number of rotatable bonds is 5. The Morgan fingerprint density at radius 1 is 1.32 bits per heavy atom. The Kier molecular flexibility index (Phi) is 3.92. The van der Waals surface area contributed by atoms with Crippen LogP contribution < -0.4 is 10.3 Å². The minimum atomic E-state index is -3.62. The van der Waals surface area contributed by atoms with Crippen LogP contribution in [0.2, 0.25) is 0 Å². The fourth-order valence-electron chi connectivity index (χ4n) is 1.75. The summed E-state index contributed by atoms with van der Waals surface area (Å²) in [5.41, 5.74) is 0.815. The summed E-state index contributed by atoms with van der Waals surface area (Å²) in [4.78, 5) is 11.0. The van der Waals surface area contributed by atoms with E-state index in [9.17, 15) is 13.2 Å². The topological polar surface area (TPSA) is 105 Å². The van der Waals surface area contributed by atoms with Crippen molar-refractivity contribution in [2.75, 3.05) is 0 Å². The van der Waals surface area contributed by atoms with E-state index >= 15 is 0 Å². The van der Waals surface area contributed by atoms with E-state index in [1.165, 1.54) is 24.5 Å². The van der Waals surface area contributed by atoms with Gasteiger partial charge in [0.15, 0.2) is 0 Å². The first kappa shape index (κ1) is 14.7. The van der Waals surface area contributed by atoms with Gasteiger partial charge in [0.05, 0.1) is 18.5 Å². The number of nitrogens with one attached hydrogen (secondary N) is 2. The van der Waals surface area contributed by atoms with Crippen molar-refractivity contribution in [2.24, 2.45) is 0 Å². The third kappa shape index (κ3) is 3.16. The summed E-state index contributed by atoms with van der Waals surface area (Å²) in [6, 6.07) is 7.76. The standard InChI is InChI=1S/C13H11N3O4S2/c17-12-4-3-11(15-16-12)9-6-13(21-8-9)22(18,19)14-7-10-2-1-5-20-10/h1-6,8,14H,7H2,(H,16,17). The van der Waals surface area contributed by atoms with Gasteiger partial charge in [-0.3, -0.25) is 4.79 Å². The maximum absolute atomic E-state index is 12.2. The summed E-state index contributed by atoms with van der Waals surface area (Å²) in [7, 11) is -3.62. The summed E-state index contributed by atoms with van der Waals surface area (Å²) >= 11 is 1.08. The second-order valence-corrected chi connectivity index (χ2v) is 7.27. The second-order valence-electron chi connectivity index (χ2n) is 4.36. The van der Waals surface area contributed by atoms with Gasteiger partial charge in [-0.2, -0.15) is 5.10 Å². The third-order valence-corrected chi connectivity index (χ3v) is 5.67. The van der Waals surface area contributed by atoms with Crippen LogP contribution in [-0.4, -0.2) is 18.6 Å². The molecule has 0 spiro atoms. The van der Waals surface area contributed by atoms with Crippen molar-refractivity contribution in [1.82, 2.24) is 14.9 Å². The average molecular weight is 337 g/mol. The molecule has 2 N–H and O–H groups in total. The van der Waals surface area contributed by atoms with Gasteiger partial charge in [-0.25, -0.2) is 18.2 Å². The summed E-state index contributed by atoms with van der Waals surface area (Å²) < 4.78 is 32.1.